The van der Waals surface area contributed by atoms with Gasteiger partial charge in [0.05, 0.1) is 0 Å². The van der Waals surface area contributed by atoms with Crippen LogP contribution in [0.15, 0.2) is 24.3 Å². The zero-order valence-corrected chi connectivity index (χ0v) is 11.3. The lowest BCUT2D eigenvalue weighted by atomic mass is 10.2. The summed E-state index contributed by atoms with van der Waals surface area (Å²) < 4.78 is 0. The Balaban J connectivity index is 1.77. The fourth-order valence-corrected chi connectivity index (χ4v) is 2.14. The van der Waals surface area contributed by atoms with Crippen molar-refractivity contribution in [2.24, 2.45) is 0 Å². The molecule has 0 atom stereocenters. The van der Waals surface area contributed by atoms with E-state index in [0.717, 1.165) is 11.3 Å². The molecule has 2 N–H and O–H groups in total. The molecule has 1 saturated carbocycles. The van der Waals surface area contributed by atoms with E-state index in [2.05, 4.69) is 15.5 Å². The van der Waals surface area contributed by atoms with Gasteiger partial charge in [0, 0.05) is 22.3 Å². The van der Waals surface area contributed by atoms with E-state index in [9.17, 15) is 4.79 Å². The highest BCUT2D eigenvalue weighted by molar-refractivity contribution is 6.31. The predicted molar refractivity (Wildman–Crippen MR) is 74.7 cm³/mol. The summed E-state index contributed by atoms with van der Waals surface area (Å²) in [7, 11) is 0. The van der Waals surface area contributed by atoms with Crippen molar-refractivity contribution in [3.05, 3.63) is 46.2 Å². The molecule has 1 aliphatic carbocycles. The van der Waals surface area contributed by atoms with E-state index >= 15 is 0 Å². The molecule has 1 heterocycles. The third-order valence-electron chi connectivity index (χ3n) is 3.30. The van der Waals surface area contributed by atoms with Crippen molar-refractivity contribution < 1.29 is 4.79 Å². The van der Waals surface area contributed by atoms with Crippen LogP contribution in [-0.2, 0) is 0 Å². The first-order valence-electron chi connectivity index (χ1n) is 6.26. The first kappa shape index (κ1) is 12.2. The van der Waals surface area contributed by atoms with Crippen LogP contribution in [0.1, 0.15) is 40.5 Å². The van der Waals surface area contributed by atoms with Crippen LogP contribution in [-0.4, -0.2) is 16.1 Å². The number of amides is 1. The highest BCUT2D eigenvalue weighted by Crippen LogP contribution is 2.39. The SMILES string of the molecule is Cc1ccc(Cl)cc1NC(=O)c1cc(C2CC2)[nH]n1. The number of anilines is 1. The predicted octanol–water partition coefficient (Wildman–Crippen LogP) is 3.50. The Hall–Kier alpha value is -1.81. The highest BCUT2D eigenvalue weighted by atomic mass is 35.5. The van der Waals surface area contributed by atoms with Crippen LogP contribution < -0.4 is 5.32 Å². The smallest absolute Gasteiger partial charge is 0.276 e. The Bertz CT molecular complexity index is 631. The molecule has 0 aliphatic heterocycles. The molecule has 2 aromatic rings. The Morgan fingerprint density at radius 1 is 1.42 bits per heavy atom. The minimum absolute atomic E-state index is 0.214. The van der Waals surface area contributed by atoms with E-state index < -0.39 is 0 Å². The van der Waals surface area contributed by atoms with Crippen LogP contribution in [0.4, 0.5) is 5.69 Å². The van der Waals surface area contributed by atoms with E-state index in [1.807, 2.05) is 19.1 Å². The summed E-state index contributed by atoms with van der Waals surface area (Å²) in [5.41, 5.74) is 3.15. The number of benzene rings is 1. The monoisotopic (exact) mass is 275 g/mol. The number of carbonyl (C=O) groups is 1. The van der Waals surface area contributed by atoms with Gasteiger partial charge in [0.25, 0.3) is 5.91 Å². The van der Waals surface area contributed by atoms with Gasteiger partial charge >= 0.3 is 0 Å². The fourth-order valence-electron chi connectivity index (χ4n) is 1.97. The van der Waals surface area contributed by atoms with Crippen molar-refractivity contribution in [3.8, 4) is 0 Å². The van der Waals surface area contributed by atoms with Gasteiger partial charge in [-0.3, -0.25) is 9.89 Å². The van der Waals surface area contributed by atoms with Crippen LogP contribution in [0.5, 0.6) is 0 Å². The summed E-state index contributed by atoms with van der Waals surface area (Å²) in [6.45, 7) is 1.92. The van der Waals surface area contributed by atoms with Crippen molar-refractivity contribution in [2.75, 3.05) is 5.32 Å². The standard InChI is InChI=1S/C14H14ClN3O/c1-8-2-5-10(15)6-11(8)16-14(19)13-7-12(17-18-13)9-3-4-9/h2,5-7,9H,3-4H2,1H3,(H,16,19)(H,17,18). The second-order valence-electron chi connectivity index (χ2n) is 4.90. The van der Waals surface area contributed by atoms with Crippen molar-refractivity contribution >= 4 is 23.2 Å². The molecule has 0 saturated heterocycles. The number of halogens is 1. The molecule has 1 amide bonds. The highest BCUT2D eigenvalue weighted by Gasteiger charge is 2.26. The summed E-state index contributed by atoms with van der Waals surface area (Å²) in [6.07, 6.45) is 2.35. The number of aromatic amines is 1. The van der Waals surface area contributed by atoms with Crippen LogP contribution in [0.25, 0.3) is 0 Å². The van der Waals surface area contributed by atoms with Crippen molar-refractivity contribution in [2.45, 2.75) is 25.7 Å². The lowest BCUT2D eigenvalue weighted by Gasteiger charge is -2.07. The van der Waals surface area contributed by atoms with E-state index in [4.69, 9.17) is 11.6 Å². The molecule has 0 bridgehead atoms. The number of carbonyl (C=O) groups excluding carboxylic acids is 1. The Morgan fingerprint density at radius 3 is 2.95 bits per heavy atom. The largest absolute Gasteiger partial charge is 0.320 e. The number of hydrogen-bond donors (Lipinski definition) is 2. The molecule has 4 nitrogen and oxygen atoms in total. The minimum atomic E-state index is -0.214. The molecule has 0 radical (unpaired) electrons. The van der Waals surface area contributed by atoms with Gasteiger partial charge in [-0.05, 0) is 43.5 Å². The third-order valence-corrected chi connectivity index (χ3v) is 3.53. The summed E-state index contributed by atoms with van der Waals surface area (Å²) in [5, 5.41) is 10.4. The maximum absolute atomic E-state index is 12.1. The van der Waals surface area contributed by atoms with Crippen molar-refractivity contribution in [1.82, 2.24) is 10.2 Å². The average Bonchev–Trinajstić information content (AvgIpc) is 3.11. The number of rotatable bonds is 3. The topological polar surface area (TPSA) is 57.8 Å². The lowest BCUT2D eigenvalue weighted by molar-refractivity contribution is 0.102. The van der Waals surface area contributed by atoms with Crippen LogP contribution >= 0.6 is 11.6 Å². The van der Waals surface area contributed by atoms with Gasteiger partial charge in [-0.1, -0.05) is 17.7 Å². The molecule has 98 valence electrons. The molecule has 3 rings (SSSR count). The first-order chi connectivity index (χ1) is 9.13. The van der Waals surface area contributed by atoms with Gasteiger partial charge in [0.1, 0.15) is 0 Å². The molecular formula is C14H14ClN3O. The molecular weight excluding hydrogens is 262 g/mol. The second-order valence-corrected chi connectivity index (χ2v) is 5.33. The summed E-state index contributed by atoms with van der Waals surface area (Å²) in [4.78, 5) is 12.1. The van der Waals surface area contributed by atoms with E-state index in [-0.39, 0.29) is 5.91 Å². The number of nitrogens with zero attached hydrogens (tertiary/aromatic N) is 1. The minimum Gasteiger partial charge on any atom is -0.320 e. The Morgan fingerprint density at radius 2 is 2.21 bits per heavy atom. The normalized spacial score (nSPS) is 14.4. The van der Waals surface area contributed by atoms with Crippen LogP contribution in [0.2, 0.25) is 5.02 Å². The number of aromatic nitrogens is 2. The van der Waals surface area contributed by atoms with Gasteiger partial charge in [0.15, 0.2) is 5.69 Å². The third kappa shape index (κ3) is 2.63. The van der Waals surface area contributed by atoms with Crippen molar-refractivity contribution in [3.63, 3.8) is 0 Å². The number of aryl methyl sites for hydroxylation is 1. The summed E-state index contributed by atoms with van der Waals surface area (Å²) >= 11 is 5.93. The Labute approximate surface area is 116 Å². The van der Waals surface area contributed by atoms with Crippen molar-refractivity contribution in [1.29, 1.82) is 0 Å². The van der Waals surface area contributed by atoms with Gasteiger partial charge in [-0.2, -0.15) is 5.10 Å². The molecule has 5 heteroatoms. The van der Waals surface area contributed by atoms with E-state index in [0.29, 0.717) is 22.3 Å². The van der Waals surface area contributed by atoms with E-state index in [1.165, 1.54) is 12.8 Å². The lowest BCUT2D eigenvalue weighted by Crippen LogP contribution is -2.13. The number of H-pyrrole nitrogens is 1. The number of nitrogens with one attached hydrogen (secondary N) is 2. The van der Waals surface area contributed by atoms with Gasteiger partial charge in [0.2, 0.25) is 0 Å². The first-order valence-corrected chi connectivity index (χ1v) is 6.64. The number of hydrogen-bond acceptors (Lipinski definition) is 2. The molecule has 1 aromatic carbocycles. The van der Waals surface area contributed by atoms with Crippen LogP contribution in [0, 0.1) is 6.92 Å². The molecule has 1 aromatic heterocycles. The molecule has 0 spiro atoms. The maximum Gasteiger partial charge on any atom is 0.276 e. The maximum atomic E-state index is 12.1. The zero-order valence-electron chi connectivity index (χ0n) is 10.5. The molecule has 1 aliphatic rings. The quantitative estimate of drug-likeness (QED) is 0.901. The summed E-state index contributed by atoms with van der Waals surface area (Å²) in [6, 6.07) is 7.24. The molecule has 0 unspecified atom stereocenters. The molecule has 1 fully saturated rings. The van der Waals surface area contributed by atoms with E-state index in [1.54, 1.807) is 12.1 Å². The van der Waals surface area contributed by atoms with Gasteiger partial charge < -0.3 is 5.32 Å². The zero-order chi connectivity index (χ0) is 13.4. The fraction of sp³-hybridized carbons (Fsp3) is 0.286. The van der Waals surface area contributed by atoms with Gasteiger partial charge in [-0.15, -0.1) is 0 Å². The summed E-state index contributed by atoms with van der Waals surface area (Å²) in [5.74, 6) is 0.343. The average molecular weight is 276 g/mol. The second kappa shape index (κ2) is 4.70. The van der Waals surface area contributed by atoms with Crippen LogP contribution in [0.3, 0.4) is 0 Å². The Kier molecular flexibility index (Phi) is 3.03. The molecule has 19 heavy (non-hydrogen) atoms. The van der Waals surface area contributed by atoms with Gasteiger partial charge in [-0.25, -0.2) is 0 Å².